The van der Waals surface area contributed by atoms with Gasteiger partial charge >= 0.3 is 11.9 Å². The molecule has 3 atom stereocenters. The molecule has 1 aromatic carbocycles. The molecule has 1 amide bonds. The van der Waals surface area contributed by atoms with Crippen molar-refractivity contribution in [2.45, 2.75) is 59.6 Å². The second-order valence-corrected chi connectivity index (χ2v) is 8.25. The van der Waals surface area contributed by atoms with Gasteiger partial charge in [-0.15, -0.1) is 0 Å². The first-order valence-electron chi connectivity index (χ1n) is 10.9. The van der Waals surface area contributed by atoms with Crippen molar-refractivity contribution in [3.05, 3.63) is 53.3 Å². The number of pyridine rings is 1. The van der Waals surface area contributed by atoms with Gasteiger partial charge in [0.05, 0.1) is 13.0 Å². The van der Waals surface area contributed by atoms with E-state index in [-0.39, 0.29) is 23.1 Å². The molecular formula is C25H32N2O6. The summed E-state index contributed by atoms with van der Waals surface area (Å²) in [5.74, 6) is -2.18. The molecule has 8 nitrogen and oxygen atoms in total. The lowest BCUT2D eigenvalue weighted by Crippen LogP contribution is -2.41. The van der Waals surface area contributed by atoms with Crippen molar-refractivity contribution in [1.29, 1.82) is 0 Å². The molecule has 0 saturated carbocycles. The number of hydrogen-bond acceptors (Lipinski definition) is 7. The Kier molecular flexibility index (Phi) is 8.96. The molecule has 0 aliphatic rings. The summed E-state index contributed by atoms with van der Waals surface area (Å²) < 4.78 is 16.2. The Bertz CT molecular complexity index is 1000. The minimum absolute atomic E-state index is 0.0276. The third-order valence-corrected chi connectivity index (χ3v) is 5.36. The molecule has 8 heteroatoms. The number of rotatable bonds is 9. The Hall–Kier alpha value is -3.42. The third kappa shape index (κ3) is 6.54. The number of ether oxygens (including phenoxy) is 3. The summed E-state index contributed by atoms with van der Waals surface area (Å²) in [6.07, 6.45) is 0.950. The summed E-state index contributed by atoms with van der Waals surface area (Å²) in [5.41, 5.74) is 2.04. The van der Waals surface area contributed by atoms with E-state index in [9.17, 15) is 14.4 Å². The van der Waals surface area contributed by atoms with Crippen molar-refractivity contribution in [2.24, 2.45) is 5.92 Å². The molecule has 0 unspecified atom stereocenters. The number of carbonyl (C=O) groups is 3. The number of methoxy groups -OCH3 is 1. The number of benzene rings is 1. The standard InChI is InChI=1S/C25H32N2O6/c1-14(2)24(29)33-22-20(31-7)12-13-26-21(22)23(28)27-17(5)25(30)32-18(6)16(4)19-11-9-8-10-15(19)3/h8-14,16-18H,1-7H3,(H,27,28)/t16-,17-,18-/m0/s1. The molecule has 0 fully saturated rings. The average molecular weight is 457 g/mol. The zero-order valence-electron chi connectivity index (χ0n) is 20.2. The highest BCUT2D eigenvalue weighted by molar-refractivity contribution is 5.98. The molecule has 0 aliphatic heterocycles. The van der Waals surface area contributed by atoms with E-state index in [2.05, 4.69) is 10.3 Å². The molecule has 0 bridgehead atoms. The minimum atomic E-state index is -0.953. The van der Waals surface area contributed by atoms with E-state index in [1.165, 1.54) is 26.3 Å². The van der Waals surface area contributed by atoms with Gasteiger partial charge in [-0.25, -0.2) is 9.78 Å². The van der Waals surface area contributed by atoms with Crippen LogP contribution in [0.15, 0.2) is 36.5 Å². The number of nitrogens with zero attached hydrogens (tertiary/aromatic N) is 1. The first kappa shape index (κ1) is 25.8. The van der Waals surface area contributed by atoms with Crippen LogP contribution >= 0.6 is 0 Å². The van der Waals surface area contributed by atoms with Crippen LogP contribution in [0, 0.1) is 12.8 Å². The predicted octanol–water partition coefficient (Wildman–Crippen LogP) is 3.81. The summed E-state index contributed by atoms with van der Waals surface area (Å²) in [5, 5.41) is 2.56. The summed E-state index contributed by atoms with van der Waals surface area (Å²) in [4.78, 5) is 41.6. The molecule has 0 radical (unpaired) electrons. The van der Waals surface area contributed by atoms with Crippen LogP contribution in [0.5, 0.6) is 11.5 Å². The second-order valence-electron chi connectivity index (χ2n) is 8.25. The van der Waals surface area contributed by atoms with Crippen molar-refractivity contribution in [1.82, 2.24) is 10.3 Å². The molecule has 33 heavy (non-hydrogen) atoms. The van der Waals surface area contributed by atoms with Gasteiger partial charge in [-0.3, -0.25) is 9.59 Å². The molecule has 0 aliphatic carbocycles. The zero-order valence-corrected chi connectivity index (χ0v) is 20.2. The summed E-state index contributed by atoms with van der Waals surface area (Å²) in [6.45, 7) is 10.7. The van der Waals surface area contributed by atoms with Crippen molar-refractivity contribution in [3.63, 3.8) is 0 Å². The van der Waals surface area contributed by atoms with Crippen LogP contribution in [0.4, 0.5) is 0 Å². The van der Waals surface area contributed by atoms with E-state index >= 15 is 0 Å². The number of nitrogens with one attached hydrogen (secondary N) is 1. The lowest BCUT2D eigenvalue weighted by molar-refractivity contribution is -0.151. The fraction of sp³-hybridized carbons (Fsp3) is 0.440. The van der Waals surface area contributed by atoms with Gasteiger partial charge in [-0.05, 0) is 31.9 Å². The molecule has 2 aromatic rings. The van der Waals surface area contributed by atoms with Crippen molar-refractivity contribution >= 4 is 17.8 Å². The number of aryl methyl sites for hydroxylation is 1. The predicted molar refractivity (Wildman–Crippen MR) is 123 cm³/mol. The first-order chi connectivity index (χ1) is 15.6. The normalized spacial score (nSPS) is 13.6. The molecule has 1 N–H and O–H groups in total. The highest BCUT2D eigenvalue weighted by Crippen LogP contribution is 2.30. The van der Waals surface area contributed by atoms with E-state index in [1.807, 2.05) is 45.0 Å². The fourth-order valence-electron chi connectivity index (χ4n) is 3.13. The first-order valence-corrected chi connectivity index (χ1v) is 10.9. The number of esters is 2. The number of aromatic nitrogens is 1. The van der Waals surface area contributed by atoms with Gasteiger partial charge < -0.3 is 19.5 Å². The molecule has 0 spiro atoms. The van der Waals surface area contributed by atoms with E-state index < -0.39 is 35.9 Å². The number of hydrogen-bond donors (Lipinski definition) is 1. The van der Waals surface area contributed by atoms with Gasteiger partial charge in [0.15, 0.2) is 11.4 Å². The van der Waals surface area contributed by atoms with E-state index in [0.717, 1.165) is 11.1 Å². The summed E-state index contributed by atoms with van der Waals surface area (Å²) >= 11 is 0. The quantitative estimate of drug-likeness (QED) is 0.572. The maximum absolute atomic E-state index is 12.9. The van der Waals surface area contributed by atoms with Crippen LogP contribution in [0.25, 0.3) is 0 Å². The minimum Gasteiger partial charge on any atom is -0.493 e. The van der Waals surface area contributed by atoms with Gasteiger partial charge in [0, 0.05) is 18.2 Å². The molecule has 1 heterocycles. The Labute approximate surface area is 194 Å². The third-order valence-electron chi connectivity index (χ3n) is 5.36. The highest BCUT2D eigenvalue weighted by Gasteiger charge is 2.27. The highest BCUT2D eigenvalue weighted by atomic mass is 16.6. The Morgan fingerprint density at radius 1 is 0.970 bits per heavy atom. The lowest BCUT2D eigenvalue weighted by Gasteiger charge is -2.24. The van der Waals surface area contributed by atoms with Crippen LogP contribution in [0.1, 0.15) is 62.2 Å². The van der Waals surface area contributed by atoms with Crippen LogP contribution in [0.3, 0.4) is 0 Å². The van der Waals surface area contributed by atoms with Gasteiger partial charge in [-0.1, -0.05) is 45.0 Å². The van der Waals surface area contributed by atoms with Crippen LogP contribution in [0.2, 0.25) is 0 Å². The van der Waals surface area contributed by atoms with Crippen molar-refractivity contribution in [2.75, 3.05) is 7.11 Å². The van der Waals surface area contributed by atoms with Crippen LogP contribution < -0.4 is 14.8 Å². The monoisotopic (exact) mass is 456 g/mol. The topological polar surface area (TPSA) is 104 Å². The number of carbonyl (C=O) groups excluding carboxylic acids is 3. The second kappa shape index (κ2) is 11.4. The molecule has 0 saturated heterocycles. The van der Waals surface area contributed by atoms with Crippen LogP contribution in [-0.4, -0.2) is 42.1 Å². The molecular weight excluding hydrogens is 424 g/mol. The smallest absolute Gasteiger partial charge is 0.328 e. The summed E-state index contributed by atoms with van der Waals surface area (Å²) in [6, 6.07) is 8.44. The maximum atomic E-state index is 12.9. The molecule has 1 aromatic heterocycles. The number of amides is 1. The van der Waals surface area contributed by atoms with Gasteiger partial charge in [0.1, 0.15) is 12.1 Å². The van der Waals surface area contributed by atoms with E-state index in [0.29, 0.717) is 0 Å². The van der Waals surface area contributed by atoms with Gasteiger partial charge in [-0.2, -0.15) is 0 Å². The Morgan fingerprint density at radius 3 is 2.24 bits per heavy atom. The zero-order chi connectivity index (χ0) is 24.7. The average Bonchev–Trinajstić information content (AvgIpc) is 2.78. The SMILES string of the molecule is COc1ccnc(C(=O)N[C@@H](C)C(=O)O[C@@H](C)[C@H](C)c2ccccc2C)c1OC(=O)C(C)C. The fourth-order valence-corrected chi connectivity index (χ4v) is 3.13. The van der Waals surface area contributed by atoms with Gasteiger partial charge in [0.2, 0.25) is 5.75 Å². The summed E-state index contributed by atoms with van der Waals surface area (Å²) in [7, 11) is 1.39. The van der Waals surface area contributed by atoms with Crippen LogP contribution in [-0.2, 0) is 14.3 Å². The van der Waals surface area contributed by atoms with Gasteiger partial charge in [0.25, 0.3) is 5.91 Å². The Balaban J connectivity index is 2.11. The largest absolute Gasteiger partial charge is 0.493 e. The molecule has 178 valence electrons. The van der Waals surface area contributed by atoms with E-state index in [4.69, 9.17) is 14.2 Å². The van der Waals surface area contributed by atoms with Crippen molar-refractivity contribution < 1.29 is 28.6 Å². The lowest BCUT2D eigenvalue weighted by atomic mass is 9.92. The molecule has 2 rings (SSSR count). The maximum Gasteiger partial charge on any atom is 0.328 e. The van der Waals surface area contributed by atoms with E-state index in [1.54, 1.807) is 13.8 Å². The van der Waals surface area contributed by atoms with Crippen molar-refractivity contribution in [3.8, 4) is 11.5 Å². The Morgan fingerprint density at radius 2 is 1.64 bits per heavy atom.